The average Bonchev–Trinajstić information content (AvgIpc) is 3.24. The van der Waals surface area contributed by atoms with Gasteiger partial charge in [0.1, 0.15) is 0 Å². The minimum atomic E-state index is -0.426. The molecule has 0 nitrogen and oxygen atoms in total. The molecule has 0 amide bonds. The van der Waals surface area contributed by atoms with Gasteiger partial charge in [0.05, 0.1) is 5.41 Å². The molecule has 0 saturated carbocycles. The molecular weight excluding hydrogens is 468 g/mol. The summed E-state index contributed by atoms with van der Waals surface area (Å²) < 4.78 is 0. The first kappa shape index (κ1) is 24.9. The van der Waals surface area contributed by atoms with E-state index in [0.29, 0.717) is 0 Å². The molecule has 0 aromatic heterocycles. The number of benzene rings is 5. The van der Waals surface area contributed by atoms with Gasteiger partial charge in [-0.1, -0.05) is 133 Å². The molecule has 0 heterocycles. The molecule has 1 unspecified atom stereocenters. The van der Waals surface area contributed by atoms with Crippen molar-refractivity contribution in [3.63, 3.8) is 0 Å². The van der Waals surface area contributed by atoms with Gasteiger partial charge in [-0.15, -0.1) is 0 Å². The summed E-state index contributed by atoms with van der Waals surface area (Å²) in [5.41, 5.74) is 13.4. The predicted octanol–water partition coefficient (Wildman–Crippen LogP) is 10.5. The first-order valence-electron chi connectivity index (χ1n) is 13.7. The maximum absolute atomic E-state index is 4.15. The van der Waals surface area contributed by atoms with Crippen LogP contribution in [0.4, 0.5) is 0 Å². The quantitative estimate of drug-likeness (QED) is 0.210. The molecule has 1 atom stereocenters. The number of fused-ring (bicyclic) bond motifs is 4. The smallest absolute Gasteiger partial charge is 0.0710 e. The average molecular weight is 503 g/mol. The van der Waals surface area contributed by atoms with E-state index in [1.807, 2.05) is 0 Å². The molecular formula is C39H34. The summed E-state index contributed by atoms with van der Waals surface area (Å²) in [5, 5.41) is 2.55. The van der Waals surface area contributed by atoms with Crippen molar-refractivity contribution < 1.29 is 0 Å². The number of allylic oxidation sites excluding steroid dienone is 5. The standard InChI is InChI=1S/C39H34/c1-6-33(19-11-26(2)3)39(34-20-13-27(4)14-21-34)37-10-8-7-9-35(37)36-22-18-32(25-38(36)39)31-17-16-29-23-28(5)12-15-30(29)24-31/h6-25H,2H2,1,3-5H3. The molecule has 0 aliphatic heterocycles. The topological polar surface area (TPSA) is 0 Å². The van der Waals surface area contributed by atoms with Crippen LogP contribution in [0.3, 0.4) is 0 Å². The second-order valence-corrected chi connectivity index (χ2v) is 10.9. The molecule has 190 valence electrons. The third-order valence-corrected chi connectivity index (χ3v) is 8.15. The van der Waals surface area contributed by atoms with Crippen molar-refractivity contribution >= 4 is 10.8 Å². The summed E-state index contributed by atoms with van der Waals surface area (Å²) in [6.45, 7) is 12.7. The molecule has 5 aromatic rings. The van der Waals surface area contributed by atoms with Crippen molar-refractivity contribution in [1.82, 2.24) is 0 Å². The highest BCUT2D eigenvalue weighted by Crippen LogP contribution is 2.57. The Balaban J connectivity index is 1.66. The normalized spacial score (nSPS) is 16.5. The van der Waals surface area contributed by atoms with Crippen molar-refractivity contribution in [2.45, 2.75) is 33.1 Å². The Bertz CT molecular complexity index is 1790. The fourth-order valence-corrected chi connectivity index (χ4v) is 6.27. The van der Waals surface area contributed by atoms with Crippen molar-refractivity contribution in [3.05, 3.63) is 167 Å². The highest BCUT2D eigenvalue weighted by molar-refractivity contribution is 5.91. The van der Waals surface area contributed by atoms with Crippen molar-refractivity contribution in [2.75, 3.05) is 0 Å². The molecule has 1 aliphatic carbocycles. The Morgan fingerprint density at radius 2 is 1.28 bits per heavy atom. The van der Waals surface area contributed by atoms with E-state index >= 15 is 0 Å². The van der Waals surface area contributed by atoms with Crippen LogP contribution in [0.1, 0.15) is 41.7 Å². The second kappa shape index (κ2) is 9.71. The Morgan fingerprint density at radius 1 is 0.641 bits per heavy atom. The van der Waals surface area contributed by atoms with Gasteiger partial charge < -0.3 is 0 Å². The fourth-order valence-electron chi connectivity index (χ4n) is 6.27. The van der Waals surface area contributed by atoms with Gasteiger partial charge >= 0.3 is 0 Å². The Hall–Kier alpha value is -4.42. The maximum Gasteiger partial charge on any atom is 0.0710 e. The summed E-state index contributed by atoms with van der Waals surface area (Å²) in [6.07, 6.45) is 6.68. The second-order valence-electron chi connectivity index (χ2n) is 10.9. The van der Waals surface area contributed by atoms with Gasteiger partial charge in [0.2, 0.25) is 0 Å². The van der Waals surface area contributed by atoms with E-state index in [2.05, 4.69) is 156 Å². The third-order valence-electron chi connectivity index (χ3n) is 8.15. The van der Waals surface area contributed by atoms with E-state index in [0.717, 1.165) is 5.57 Å². The van der Waals surface area contributed by atoms with Crippen LogP contribution < -0.4 is 0 Å². The van der Waals surface area contributed by atoms with E-state index in [4.69, 9.17) is 0 Å². The van der Waals surface area contributed by atoms with Crippen molar-refractivity contribution in [3.8, 4) is 22.3 Å². The van der Waals surface area contributed by atoms with Crippen LogP contribution in [0.15, 0.2) is 139 Å². The molecule has 1 aliphatic rings. The summed E-state index contributed by atoms with van der Waals surface area (Å²) in [7, 11) is 0. The molecule has 5 aromatic carbocycles. The van der Waals surface area contributed by atoms with Gasteiger partial charge in [-0.3, -0.25) is 0 Å². The monoisotopic (exact) mass is 502 g/mol. The minimum absolute atomic E-state index is 0.426. The zero-order valence-corrected chi connectivity index (χ0v) is 23.3. The minimum Gasteiger partial charge on any atom is -0.0961 e. The number of hydrogen-bond acceptors (Lipinski definition) is 0. The zero-order chi connectivity index (χ0) is 27.1. The highest BCUT2D eigenvalue weighted by Gasteiger charge is 2.46. The van der Waals surface area contributed by atoms with Gasteiger partial charge in [0.15, 0.2) is 0 Å². The van der Waals surface area contributed by atoms with Gasteiger partial charge in [-0.25, -0.2) is 0 Å². The van der Waals surface area contributed by atoms with E-state index < -0.39 is 5.41 Å². The summed E-state index contributed by atoms with van der Waals surface area (Å²) in [6, 6.07) is 38.6. The number of aryl methyl sites for hydroxylation is 2. The van der Waals surface area contributed by atoms with Crippen LogP contribution in [-0.4, -0.2) is 0 Å². The Labute approximate surface area is 232 Å². The van der Waals surface area contributed by atoms with Crippen LogP contribution in [0, 0.1) is 13.8 Å². The first-order chi connectivity index (χ1) is 18.9. The van der Waals surface area contributed by atoms with Crippen LogP contribution in [0.2, 0.25) is 0 Å². The fraction of sp³-hybridized carbons (Fsp3) is 0.128. The molecule has 0 heteroatoms. The Kier molecular flexibility index (Phi) is 6.20. The van der Waals surface area contributed by atoms with Crippen molar-refractivity contribution in [1.29, 1.82) is 0 Å². The lowest BCUT2D eigenvalue weighted by Gasteiger charge is -2.35. The molecule has 0 N–H and O–H groups in total. The SMILES string of the molecule is C=C(C)C=CC(=CC)C1(c2ccc(C)cc2)c2ccccc2-c2ccc(-c3ccc4cc(C)ccc4c3)cc21. The molecule has 0 spiro atoms. The summed E-state index contributed by atoms with van der Waals surface area (Å²) in [4.78, 5) is 0. The lowest BCUT2D eigenvalue weighted by molar-refractivity contribution is 0.765. The maximum atomic E-state index is 4.15. The van der Waals surface area contributed by atoms with Gasteiger partial charge in [0.25, 0.3) is 0 Å². The third kappa shape index (κ3) is 4.08. The first-order valence-corrected chi connectivity index (χ1v) is 13.7. The highest BCUT2D eigenvalue weighted by atomic mass is 14.5. The largest absolute Gasteiger partial charge is 0.0961 e. The molecule has 0 fully saturated rings. The molecule has 0 bridgehead atoms. The molecule has 6 rings (SSSR count). The van der Waals surface area contributed by atoms with E-state index in [-0.39, 0.29) is 0 Å². The Morgan fingerprint density at radius 3 is 2.05 bits per heavy atom. The molecule has 0 saturated heterocycles. The van der Waals surface area contributed by atoms with E-state index in [1.165, 1.54) is 66.4 Å². The van der Waals surface area contributed by atoms with E-state index in [9.17, 15) is 0 Å². The summed E-state index contributed by atoms with van der Waals surface area (Å²) >= 11 is 0. The molecule has 0 radical (unpaired) electrons. The van der Waals surface area contributed by atoms with E-state index in [1.54, 1.807) is 0 Å². The van der Waals surface area contributed by atoms with Gasteiger partial charge in [-0.2, -0.15) is 0 Å². The lowest BCUT2D eigenvalue weighted by atomic mass is 9.66. The van der Waals surface area contributed by atoms with Crippen LogP contribution >= 0.6 is 0 Å². The summed E-state index contributed by atoms with van der Waals surface area (Å²) in [5.74, 6) is 0. The van der Waals surface area contributed by atoms with Crippen LogP contribution in [-0.2, 0) is 5.41 Å². The van der Waals surface area contributed by atoms with Gasteiger partial charge in [-0.05, 0) is 95.1 Å². The van der Waals surface area contributed by atoms with Crippen LogP contribution in [0.5, 0.6) is 0 Å². The van der Waals surface area contributed by atoms with Crippen LogP contribution in [0.25, 0.3) is 33.0 Å². The predicted molar refractivity (Wildman–Crippen MR) is 168 cm³/mol. The molecule has 39 heavy (non-hydrogen) atoms. The lowest BCUT2D eigenvalue weighted by Crippen LogP contribution is -2.29. The van der Waals surface area contributed by atoms with Gasteiger partial charge in [0, 0.05) is 0 Å². The van der Waals surface area contributed by atoms with Crippen molar-refractivity contribution in [2.24, 2.45) is 0 Å². The zero-order valence-electron chi connectivity index (χ0n) is 23.3. The number of rotatable bonds is 5. The number of hydrogen-bond donors (Lipinski definition) is 0.